The Bertz CT molecular complexity index is 880. The summed E-state index contributed by atoms with van der Waals surface area (Å²) in [6.07, 6.45) is 0.729. The van der Waals surface area contributed by atoms with E-state index in [-0.39, 0.29) is 12.5 Å². The maximum atomic E-state index is 12.8. The number of amides is 4. The van der Waals surface area contributed by atoms with Gasteiger partial charge >= 0.3 is 6.03 Å². The van der Waals surface area contributed by atoms with Gasteiger partial charge in [-0.1, -0.05) is 12.1 Å². The maximum absolute atomic E-state index is 12.8. The highest BCUT2D eigenvalue weighted by Crippen LogP contribution is 2.21. The van der Waals surface area contributed by atoms with Gasteiger partial charge in [0.25, 0.3) is 5.91 Å². The van der Waals surface area contributed by atoms with Crippen molar-refractivity contribution in [2.75, 3.05) is 43.0 Å². The van der Waals surface area contributed by atoms with Gasteiger partial charge in [-0.2, -0.15) is 11.8 Å². The number of carbonyl (C=O) groups excluding carboxylic acids is 3. The van der Waals surface area contributed by atoms with Crippen molar-refractivity contribution in [3.05, 3.63) is 51.7 Å². The number of benzene rings is 1. The Morgan fingerprint density at radius 1 is 1.10 bits per heavy atom. The molecular weight excluding hydrogens is 420 g/mol. The van der Waals surface area contributed by atoms with Crippen LogP contribution < -0.4 is 16.0 Å². The van der Waals surface area contributed by atoms with Crippen molar-refractivity contribution in [2.45, 2.75) is 13.3 Å². The van der Waals surface area contributed by atoms with E-state index in [0.717, 1.165) is 36.6 Å². The standard InChI is InChI=1S/C21H26N4O3S2/c1-15-17(20(27)25-9-12-29-13-10-25)5-2-6-18(15)23-14-19(26)24-21(28)22-8-7-16-4-3-11-30-16/h2-6,11,23H,7-10,12-14H2,1H3,(H2,22,24,26,28). The molecular formula is C21H26N4O3S2. The summed E-state index contributed by atoms with van der Waals surface area (Å²) in [6.45, 7) is 3.78. The molecule has 7 nitrogen and oxygen atoms in total. The topological polar surface area (TPSA) is 90.5 Å². The molecule has 0 saturated carbocycles. The van der Waals surface area contributed by atoms with Crippen molar-refractivity contribution in [2.24, 2.45) is 0 Å². The van der Waals surface area contributed by atoms with Gasteiger partial charge in [0, 0.05) is 47.3 Å². The Labute approximate surface area is 184 Å². The first-order valence-corrected chi connectivity index (χ1v) is 11.9. The van der Waals surface area contributed by atoms with Gasteiger partial charge in [0.2, 0.25) is 5.91 Å². The molecule has 9 heteroatoms. The summed E-state index contributed by atoms with van der Waals surface area (Å²) in [7, 11) is 0. The first-order chi connectivity index (χ1) is 14.5. The van der Waals surface area contributed by atoms with E-state index in [1.807, 2.05) is 53.2 Å². The second-order valence-corrected chi connectivity index (χ2v) is 9.13. The quantitative estimate of drug-likeness (QED) is 0.608. The van der Waals surface area contributed by atoms with E-state index in [1.54, 1.807) is 17.4 Å². The lowest BCUT2D eigenvalue weighted by Crippen LogP contribution is -2.42. The van der Waals surface area contributed by atoms with E-state index in [0.29, 0.717) is 17.8 Å². The van der Waals surface area contributed by atoms with Crippen molar-refractivity contribution < 1.29 is 14.4 Å². The van der Waals surface area contributed by atoms with Gasteiger partial charge in [-0.15, -0.1) is 11.3 Å². The van der Waals surface area contributed by atoms with Crippen molar-refractivity contribution >= 4 is 46.6 Å². The molecule has 1 aliphatic heterocycles. The summed E-state index contributed by atoms with van der Waals surface area (Å²) in [5, 5.41) is 10.0. The molecule has 0 atom stereocenters. The van der Waals surface area contributed by atoms with Gasteiger partial charge in [-0.25, -0.2) is 4.79 Å². The van der Waals surface area contributed by atoms with Crippen molar-refractivity contribution in [3.63, 3.8) is 0 Å². The van der Waals surface area contributed by atoms with E-state index in [1.165, 1.54) is 4.88 Å². The van der Waals surface area contributed by atoms with Crippen LogP contribution in [0.4, 0.5) is 10.5 Å². The van der Waals surface area contributed by atoms with Gasteiger partial charge < -0.3 is 15.5 Å². The lowest BCUT2D eigenvalue weighted by atomic mass is 10.1. The summed E-state index contributed by atoms with van der Waals surface area (Å²) < 4.78 is 0. The summed E-state index contributed by atoms with van der Waals surface area (Å²) >= 11 is 3.49. The third-order valence-electron chi connectivity index (χ3n) is 4.79. The molecule has 4 amide bonds. The highest BCUT2D eigenvalue weighted by atomic mass is 32.2. The fourth-order valence-corrected chi connectivity index (χ4v) is 4.75. The lowest BCUT2D eigenvalue weighted by Gasteiger charge is -2.27. The molecule has 1 fully saturated rings. The fraction of sp³-hybridized carbons (Fsp3) is 0.381. The molecule has 0 bridgehead atoms. The van der Waals surface area contributed by atoms with Crippen LogP contribution >= 0.6 is 23.1 Å². The Morgan fingerprint density at radius 2 is 1.90 bits per heavy atom. The van der Waals surface area contributed by atoms with Gasteiger partial charge in [0.1, 0.15) is 0 Å². The Kier molecular flexibility index (Phi) is 8.15. The van der Waals surface area contributed by atoms with Crippen LogP contribution in [0.1, 0.15) is 20.8 Å². The Balaban J connectivity index is 1.47. The third kappa shape index (κ3) is 6.24. The molecule has 3 N–H and O–H groups in total. The number of hydrogen-bond acceptors (Lipinski definition) is 6. The number of thioether (sulfide) groups is 1. The molecule has 1 saturated heterocycles. The molecule has 1 aromatic heterocycles. The first kappa shape index (κ1) is 22.2. The molecule has 160 valence electrons. The molecule has 0 spiro atoms. The number of nitrogens with zero attached hydrogens (tertiary/aromatic N) is 1. The van der Waals surface area contributed by atoms with Crippen LogP contribution in [0.2, 0.25) is 0 Å². The number of urea groups is 1. The molecule has 0 aliphatic carbocycles. The van der Waals surface area contributed by atoms with Crippen LogP contribution in [0.5, 0.6) is 0 Å². The SMILES string of the molecule is Cc1c(NCC(=O)NC(=O)NCCc2cccs2)cccc1C(=O)N1CCSCC1. The number of thiophene rings is 1. The predicted molar refractivity (Wildman–Crippen MR) is 122 cm³/mol. The lowest BCUT2D eigenvalue weighted by molar-refractivity contribution is -0.118. The summed E-state index contributed by atoms with van der Waals surface area (Å²) in [6, 6.07) is 8.90. The van der Waals surface area contributed by atoms with Crippen LogP contribution in [0, 0.1) is 6.92 Å². The zero-order chi connectivity index (χ0) is 21.3. The van der Waals surface area contributed by atoms with Crippen LogP contribution in [-0.4, -0.2) is 60.4 Å². The van der Waals surface area contributed by atoms with E-state index >= 15 is 0 Å². The molecule has 2 heterocycles. The zero-order valence-corrected chi connectivity index (χ0v) is 18.5. The van der Waals surface area contributed by atoms with E-state index < -0.39 is 11.9 Å². The second-order valence-electron chi connectivity index (χ2n) is 6.87. The van der Waals surface area contributed by atoms with Crippen LogP contribution in [0.25, 0.3) is 0 Å². The first-order valence-electron chi connectivity index (χ1n) is 9.85. The summed E-state index contributed by atoms with van der Waals surface area (Å²) in [5.41, 5.74) is 2.15. The second kappa shape index (κ2) is 11.0. The van der Waals surface area contributed by atoms with E-state index in [9.17, 15) is 14.4 Å². The highest BCUT2D eigenvalue weighted by molar-refractivity contribution is 7.99. The fourth-order valence-electron chi connectivity index (χ4n) is 3.14. The minimum absolute atomic E-state index is 0.0195. The number of carbonyl (C=O) groups is 3. The summed E-state index contributed by atoms with van der Waals surface area (Å²) in [5.74, 6) is 1.50. The molecule has 1 aliphatic rings. The largest absolute Gasteiger partial charge is 0.376 e. The summed E-state index contributed by atoms with van der Waals surface area (Å²) in [4.78, 5) is 39.8. The average molecular weight is 447 g/mol. The number of hydrogen-bond donors (Lipinski definition) is 3. The number of rotatable bonds is 7. The van der Waals surface area contributed by atoms with Crippen LogP contribution in [-0.2, 0) is 11.2 Å². The minimum atomic E-state index is -0.512. The number of nitrogens with one attached hydrogen (secondary N) is 3. The van der Waals surface area contributed by atoms with Crippen molar-refractivity contribution in [3.8, 4) is 0 Å². The Morgan fingerprint density at radius 3 is 2.63 bits per heavy atom. The molecule has 0 radical (unpaired) electrons. The van der Waals surface area contributed by atoms with E-state index in [4.69, 9.17) is 0 Å². The van der Waals surface area contributed by atoms with Gasteiger partial charge in [-0.05, 0) is 42.5 Å². The van der Waals surface area contributed by atoms with Gasteiger partial charge in [0.15, 0.2) is 0 Å². The number of imide groups is 1. The van der Waals surface area contributed by atoms with E-state index in [2.05, 4.69) is 16.0 Å². The van der Waals surface area contributed by atoms with Crippen molar-refractivity contribution in [1.82, 2.24) is 15.5 Å². The predicted octanol–water partition coefficient (Wildman–Crippen LogP) is 2.73. The molecule has 1 aromatic carbocycles. The Hall–Kier alpha value is -2.52. The molecule has 30 heavy (non-hydrogen) atoms. The average Bonchev–Trinajstić information content (AvgIpc) is 3.26. The molecule has 2 aromatic rings. The van der Waals surface area contributed by atoms with Crippen molar-refractivity contribution in [1.29, 1.82) is 0 Å². The van der Waals surface area contributed by atoms with Crippen LogP contribution in [0.3, 0.4) is 0 Å². The zero-order valence-electron chi connectivity index (χ0n) is 16.9. The number of anilines is 1. The third-order valence-corrected chi connectivity index (χ3v) is 6.67. The molecule has 3 rings (SSSR count). The van der Waals surface area contributed by atoms with Crippen LogP contribution in [0.15, 0.2) is 35.7 Å². The molecule has 0 unspecified atom stereocenters. The minimum Gasteiger partial charge on any atom is -0.376 e. The normalized spacial score (nSPS) is 13.6. The smallest absolute Gasteiger partial charge is 0.321 e. The van der Waals surface area contributed by atoms with Gasteiger partial charge in [-0.3, -0.25) is 14.9 Å². The highest BCUT2D eigenvalue weighted by Gasteiger charge is 2.21. The monoisotopic (exact) mass is 446 g/mol. The van der Waals surface area contributed by atoms with Gasteiger partial charge in [0.05, 0.1) is 6.54 Å². The maximum Gasteiger partial charge on any atom is 0.321 e.